The van der Waals surface area contributed by atoms with Gasteiger partial charge in [-0.1, -0.05) is 18.2 Å². The van der Waals surface area contributed by atoms with Crippen LogP contribution in [0.4, 0.5) is 15.8 Å². The summed E-state index contributed by atoms with van der Waals surface area (Å²) in [5.41, 5.74) is 3.48. The summed E-state index contributed by atoms with van der Waals surface area (Å²) in [7, 11) is -4.25. The zero-order chi connectivity index (χ0) is 25.1. The SMILES string of the molecule is C[C@@H]1Cc2cc(F)c(S(N)(=O)=O)cc2N1C(=O)[C@@H]1CN(c2ccc(-c3ccccn3)cc2)C1(C)C. The first kappa shape index (κ1) is 23.4. The van der Waals surface area contributed by atoms with Gasteiger partial charge >= 0.3 is 0 Å². The molecule has 2 aliphatic heterocycles. The van der Waals surface area contributed by atoms with Crippen molar-refractivity contribution in [2.45, 2.75) is 43.7 Å². The molecular weight excluding hydrogens is 467 g/mol. The highest BCUT2D eigenvalue weighted by molar-refractivity contribution is 7.89. The standard InChI is InChI=1S/C26H27FN4O3S/c1-16-12-18-13-21(27)24(35(28,33)34)14-23(18)31(16)25(32)20-15-30(26(20,2)3)19-9-7-17(8-10-19)22-6-4-5-11-29-22/h4-11,13-14,16,20H,12,15H2,1-3H3,(H2,28,33,34)/t16-,20+/m1/s1. The summed E-state index contributed by atoms with van der Waals surface area (Å²) in [6.07, 6.45) is 2.21. The van der Waals surface area contributed by atoms with E-state index in [0.717, 1.165) is 16.9 Å². The molecular formula is C26H27FN4O3S. The summed E-state index contributed by atoms with van der Waals surface area (Å²) >= 11 is 0. The van der Waals surface area contributed by atoms with Gasteiger partial charge in [-0.05, 0) is 69.2 Å². The Bertz CT molecular complexity index is 1410. The molecule has 2 N–H and O–H groups in total. The maximum Gasteiger partial charge on any atom is 0.241 e. The monoisotopic (exact) mass is 494 g/mol. The Morgan fingerprint density at radius 1 is 1.14 bits per heavy atom. The van der Waals surface area contributed by atoms with Crippen molar-refractivity contribution in [3.05, 3.63) is 72.2 Å². The molecule has 35 heavy (non-hydrogen) atoms. The molecule has 0 saturated carbocycles. The lowest BCUT2D eigenvalue weighted by atomic mass is 9.75. The Balaban J connectivity index is 1.39. The van der Waals surface area contributed by atoms with E-state index in [-0.39, 0.29) is 17.9 Å². The van der Waals surface area contributed by atoms with Gasteiger partial charge in [0.25, 0.3) is 0 Å². The molecule has 1 fully saturated rings. The van der Waals surface area contributed by atoms with Crippen molar-refractivity contribution in [1.82, 2.24) is 4.98 Å². The fraction of sp³-hybridized carbons (Fsp3) is 0.308. The first-order chi connectivity index (χ1) is 16.5. The number of halogens is 1. The van der Waals surface area contributed by atoms with Gasteiger partial charge in [-0.25, -0.2) is 17.9 Å². The fourth-order valence-electron chi connectivity index (χ4n) is 5.22. The van der Waals surface area contributed by atoms with E-state index >= 15 is 0 Å². The quantitative estimate of drug-likeness (QED) is 0.596. The smallest absolute Gasteiger partial charge is 0.241 e. The number of carbonyl (C=O) groups excluding carboxylic acids is 1. The lowest BCUT2D eigenvalue weighted by Gasteiger charge is -2.56. The van der Waals surface area contributed by atoms with Crippen molar-refractivity contribution in [2.75, 3.05) is 16.3 Å². The number of carbonyl (C=O) groups is 1. The number of hydrogen-bond donors (Lipinski definition) is 1. The van der Waals surface area contributed by atoms with Crippen LogP contribution in [-0.2, 0) is 21.2 Å². The molecule has 1 saturated heterocycles. The predicted octanol–water partition coefficient (Wildman–Crippen LogP) is 3.73. The third-order valence-corrected chi connectivity index (χ3v) is 8.17. The minimum atomic E-state index is -4.25. The van der Waals surface area contributed by atoms with E-state index in [1.165, 1.54) is 12.1 Å². The highest BCUT2D eigenvalue weighted by Crippen LogP contribution is 2.44. The van der Waals surface area contributed by atoms with Crippen molar-refractivity contribution in [2.24, 2.45) is 11.1 Å². The molecule has 5 rings (SSSR count). The number of pyridine rings is 1. The summed E-state index contributed by atoms with van der Waals surface area (Å²) in [5.74, 6) is -1.30. The van der Waals surface area contributed by atoms with Crippen LogP contribution in [0.15, 0.2) is 65.7 Å². The number of sulfonamides is 1. The van der Waals surface area contributed by atoms with Gasteiger partial charge < -0.3 is 9.80 Å². The molecule has 7 nitrogen and oxygen atoms in total. The number of aromatic nitrogens is 1. The Hall–Kier alpha value is -3.30. The third kappa shape index (κ3) is 3.88. The second-order valence-corrected chi connectivity index (χ2v) is 11.3. The highest BCUT2D eigenvalue weighted by atomic mass is 32.2. The van der Waals surface area contributed by atoms with Crippen LogP contribution < -0.4 is 14.9 Å². The normalized spacial score (nSPS) is 20.9. The Morgan fingerprint density at radius 3 is 2.46 bits per heavy atom. The van der Waals surface area contributed by atoms with Crippen LogP contribution in [0.2, 0.25) is 0 Å². The summed E-state index contributed by atoms with van der Waals surface area (Å²) in [5, 5.41) is 5.20. The molecule has 3 heterocycles. The molecule has 9 heteroatoms. The van der Waals surface area contributed by atoms with Gasteiger partial charge in [-0.15, -0.1) is 0 Å². The second kappa shape index (κ2) is 8.13. The largest absolute Gasteiger partial charge is 0.365 e. The van der Waals surface area contributed by atoms with Gasteiger partial charge in [0.05, 0.1) is 11.6 Å². The topological polar surface area (TPSA) is 96.6 Å². The van der Waals surface area contributed by atoms with Crippen molar-refractivity contribution in [3.63, 3.8) is 0 Å². The van der Waals surface area contributed by atoms with Crippen LogP contribution in [0.5, 0.6) is 0 Å². The zero-order valence-corrected chi connectivity index (χ0v) is 20.6. The van der Waals surface area contributed by atoms with Gasteiger partial charge in [0.1, 0.15) is 10.7 Å². The third-order valence-electron chi connectivity index (χ3n) is 7.24. The van der Waals surface area contributed by atoms with E-state index in [0.29, 0.717) is 24.2 Å². The number of hydrogen-bond acceptors (Lipinski definition) is 5. The molecule has 0 aliphatic carbocycles. The van der Waals surface area contributed by atoms with Crippen molar-refractivity contribution < 1.29 is 17.6 Å². The van der Waals surface area contributed by atoms with Gasteiger partial charge in [-0.3, -0.25) is 9.78 Å². The zero-order valence-electron chi connectivity index (χ0n) is 19.8. The van der Waals surface area contributed by atoms with E-state index in [4.69, 9.17) is 5.14 Å². The molecule has 0 spiro atoms. The summed E-state index contributed by atoms with van der Waals surface area (Å²) < 4.78 is 38.1. The molecule has 1 amide bonds. The Morgan fingerprint density at radius 2 is 1.86 bits per heavy atom. The van der Waals surface area contributed by atoms with Gasteiger partial charge in [0.2, 0.25) is 15.9 Å². The lowest BCUT2D eigenvalue weighted by Crippen LogP contribution is -2.69. The number of amides is 1. The number of rotatable bonds is 4. The van der Waals surface area contributed by atoms with Crippen molar-refractivity contribution >= 4 is 27.3 Å². The van der Waals surface area contributed by atoms with Crippen LogP contribution in [0, 0.1) is 11.7 Å². The molecule has 2 aliphatic rings. The maximum atomic E-state index is 14.4. The Labute approximate surface area is 204 Å². The van der Waals surface area contributed by atoms with Crippen molar-refractivity contribution in [3.8, 4) is 11.3 Å². The van der Waals surface area contributed by atoms with Crippen LogP contribution in [0.3, 0.4) is 0 Å². The van der Waals surface area contributed by atoms with Crippen molar-refractivity contribution in [1.29, 1.82) is 0 Å². The number of fused-ring (bicyclic) bond motifs is 1. The second-order valence-electron chi connectivity index (χ2n) is 9.80. The van der Waals surface area contributed by atoms with E-state index in [1.54, 1.807) is 11.1 Å². The summed E-state index contributed by atoms with van der Waals surface area (Å²) in [4.78, 5) is 21.3. The molecule has 3 aromatic rings. The molecule has 0 radical (unpaired) electrons. The summed E-state index contributed by atoms with van der Waals surface area (Å²) in [6.45, 7) is 6.45. The molecule has 2 aromatic carbocycles. The first-order valence-electron chi connectivity index (χ1n) is 11.5. The molecule has 0 unspecified atom stereocenters. The van der Waals surface area contributed by atoms with E-state index in [2.05, 4.69) is 9.88 Å². The van der Waals surface area contributed by atoms with Crippen LogP contribution in [0.25, 0.3) is 11.3 Å². The van der Waals surface area contributed by atoms with Gasteiger partial charge in [-0.2, -0.15) is 0 Å². The van der Waals surface area contributed by atoms with Gasteiger partial charge in [0.15, 0.2) is 0 Å². The first-order valence-corrected chi connectivity index (χ1v) is 13.0. The van der Waals surface area contributed by atoms with Crippen LogP contribution in [0.1, 0.15) is 26.3 Å². The van der Waals surface area contributed by atoms with Gasteiger partial charge in [0, 0.05) is 41.3 Å². The maximum absolute atomic E-state index is 14.4. The van der Waals surface area contributed by atoms with Crippen LogP contribution >= 0.6 is 0 Å². The minimum absolute atomic E-state index is 0.102. The molecule has 1 aromatic heterocycles. The number of nitrogens with zero attached hydrogens (tertiary/aromatic N) is 3. The molecule has 2 atom stereocenters. The van der Waals surface area contributed by atoms with E-state index in [1.807, 2.05) is 63.2 Å². The average molecular weight is 495 g/mol. The molecule has 182 valence electrons. The Kier molecular flexibility index (Phi) is 5.45. The fourth-order valence-corrected chi connectivity index (χ4v) is 5.83. The summed E-state index contributed by atoms with van der Waals surface area (Å²) in [6, 6.07) is 16.0. The number of benzene rings is 2. The minimum Gasteiger partial charge on any atom is -0.365 e. The molecule has 0 bridgehead atoms. The number of nitrogens with two attached hydrogens (primary N) is 1. The van der Waals surface area contributed by atoms with E-state index in [9.17, 15) is 17.6 Å². The highest BCUT2D eigenvalue weighted by Gasteiger charge is 2.53. The number of primary sulfonamides is 1. The predicted molar refractivity (Wildman–Crippen MR) is 133 cm³/mol. The lowest BCUT2D eigenvalue weighted by molar-refractivity contribution is -0.126. The van der Waals surface area contributed by atoms with E-state index < -0.39 is 26.3 Å². The average Bonchev–Trinajstić information content (AvgIpc) is 3.12. The van der Waals surface area contributed by atoms with Crippen LogP contribution in [-0.4, -0.2) is 37.4 Å². The number of anilines is 2.